The van der Waals surface area contributed by atoms with Crippen LogP contribution < -0.4 is 4.74 Å². The molecular weight excluding hydrogens is 276 g/mol. The molecule has 0 fully saturated rings. The minimum Gasteiger partial charge on any atom is -0.423 e. The highest BCUT2D eigenvalue weighted by Crippen LogP contribution is 2.23. The maximum absolute atomic E-state index is 12.3. The maximum Gasteiger partial charge on any atom is 0.343 e. The van der Waals surface area contributed by atoms with E-state index in [1.807, 2.05) is 18.2 Å². The molecule has 0 heterocycles. The van der Waals surface area contributed by atoms with E-state index in [1.165, 1.54) is 30.9 Å². The van der Waals surface area contributed by atoms with Gasteiger partial charge in [0.2, 0.25) is 0 Å². The number of ketones is 1. The Bertz CT molecular complexity index is 731. The second-order valence-electron chi connectivity index (χ2n) is 5.66. The molecule has 112 valence electrons. The molecule has 3 rings (SSSR count). The molecule has 0 spiro atoms. The van der Waals surface area contributed by atoms with E-state index >= 15 is 0 Å². The Balaban J connectivity index is 1.80. The van der Waals surface area contributed by atoms with Gasteiger partial charge in [-0.2, -0.15) is 0 Å². The van der Waals surface area contributed by atoms with Crippen molar-refractivity contribution in [2.45, 2.75) is 32.6 Å². The standard InChI is InChI=1S/C19H18O3/c1-13(20)15-7-4-8-18(12-15)22-19(21)17-10-9-14-5-2-3-6-16(14)11-17/h4,7-12H,2-3,5-6H2,1H3. The highest BCUT2D eigenvalue weighted by molar-refractivity contribution is 5.95. The van der Waals surface area contributed by atoms with Crippen LogP contribution in [0.4, 0.5) is 0 Å². The van der Waals surface area contributed by atoms with Gasteiger partial charge in [-0.3, -0.25) is 4.79 Å². The summed E-state index contributed by atoms with van der Waals surface area (Å²) in [6, 6.07) is 12.5. The van der Waals surface area contributed by atoms with Gasteiger partial charge in [-0.25, -0.2) is 4.79 Å². The van der Waals surface area contributed by atoms with E-state index in [2.05, 4.69) is 0 Å². The summed E-state index contributed by atoms with van der Waals surface area (Å²) in [7, 11) is 0. The average Bonchev–Trinajstić information content (AvgIpc) is 2.54. The molecule has 0 aliphatic heterocycles. The first kappa shape index (κ1) is 14.5. The van der Waals surface area contributed by atoms with E-state index in [1.54, 1.807) is 24.3 Å². The number of Topliss-reactive ketones (excluding diaryl/α,β-unsaturated/α-hetero) is 1. The Morgan fingerprint density at radius 2 is 1.68 bits per heavy atom. The Kier molecular flexibility index (Phi) is 4.05. The Hall–Kier alpha value is -2.42. The number of ether oxygens (including phenoxy) is 1. The smallest absolute Gasteiger partial charge is 0.343 e. The molecule has 1 aliphatic carbocycles. The molecule has 2 aromatic carbocycles. The predicted octanol–water partition coefficient (Wildman–Crippen LogP) is 3.99. The van der Waals surface area contributed by atoms with Crippen LogP contribution in [0.2, 0.25) is 0 Å². The van der Waals surface area contributed by atoms with E-state index in [4.69, 9.17) is 4.74 Å². The number of benzene rings is 2. The van der Waals surface area contributed by atoms with Crippen LogP contribution in [0.3, 0.4) is 0 Å². The highest BCUT2D eigenvalue weighted by atomic mass is 16.5. The van der Waals surface area contributed by atoms with E-state index in [9.17, 15) is 9.59 Å². The topological polar surface area (TPSA) is 43.4 Å². The fraction of sp³-hybridized carbons (Fsp3) is 0.263. The first-order valence-electron chi connectivity index (χ1n) is 7.58. The van der Waals surface area contributed by atoms with Crippen LogP contribution in [-0.4, -0.2) is 11.8 Å². The zero-order valence-corrected chi connectivity index (χ0v) is 12.6. The lowest BCUT2D eigenvalue weighted by Gasteiger charge is -2.16. The number of rotatable bonds is 3. The number of carbonyl (C=O) groups is 2. The molecule has 0 atom stereocenters. The molecule has 0 bridgehead atoms. The number of aryl methyl sites for hydroxylation is 2. The van der Waals surface area contributed by atoms with Crippen molar-refractivity contribution in [3.63, 3.8) is 0 Å². The van der Waals surface area contributed by atoms with Crippen molar-refractivity contribution in [1.29, 1.82) is 0 Å². The van der Waals surface area contributed by atoms with Gasteiger partial charge in [0, 0.05) is 5.56 Å². The second kappa shape index (κ2) is 6.14. The van der Waals surface area contributed by atoms with Crippen LogP contribution in [0.5, 0.6) is 5.75 Å². The van der Waals surface area contributed by atoms with Crippen molar-refractivity contribution in [2.75, 3.05) is 0 Å². The zero-order valence-electron chi connectivity index (χ0n) is 12.6. The molecule has 0 radical (unpaired) electrons. The average molecular weight is 294 g/mol. The molecule has 3 nitrogen and oxygen atoms in total. The minimum atomic E-state index is -0.380. The van der Waals surface area contributed by atoms with E-state index in [0.717, 1.165) is 12.8 Å². The van der Waals surface area contributed by atoms with Crippen LogP contribution in [-0.2, 0) is 12.8 Å². The van der Waals surface area contributed by atoms with Crippen molar-refractivity contribution >= 4 is 11.8 Å². The molecule has 0 unspecified atom stereocenters. The Morgan fingerprint density at radius 1 is 0.909 bits per heavy atom. The predicted molar refractivity (Wildman–Crippen MR) is 84.5 cm³/mol. The maximum atomic E-state index is 12.3. The molecule has 2 aromatic rings. The van der Waals surface area contributed by atoms with Gasteiger partial charge in [0.15, 0.2) is 5.78 Å². The fourth-order valence-corrected chi connectivity index (χ4v) is 2.80. The van der Waals surface area contributed by atoms with Gasteiger partial charge in [-0.15, -0.1) is 0 Å². The Morgan fingerprint density at radius 3 is 2.45 bits per heavy atom. The molecule has 0 saturated heterocycles. The number of hydrogen-bond acceptors (Lipinski definition) is 3. The third-order valence-corrected chi connectivity index (χ3v) is 4.04. The number of hydrogen-bond donors (Lipinski definition) is 0. The Labute approximate surface area is 129 Å². The van der Waals surface area contributed by atoms with E-state index in [-0.39, 0.29) is 11.8 Å². The third kappa shape index (κ3) is 3.08. The minimum absolute atomic E-state index is 0.0494. The van der Waals surface area contributed by atoms with Crippen molar-refractivity contribution in [2.24, 2.45) is 0 Å². The molecule has 22 heavy (non-hydrogen) atoms. The van der Waals surface area contributed by atoms with Crippen molar-refractivity contribution in [3.8, 4) is 5.75 Å². The van der Waals surface area contributed by atoms with Crippen molar-refractivity contribution in [1.82, 2.24) is 0 Å². The van der Waals surface area contributed by atoms with Crippen LogP contribution in [0.1, 0.15) is 51.6 Å². The lowest BCUT2D eigenvalue weighted by Crippen LogP contribution is -2.11. The molecule has 3 heteroatoms. The van der Waals surface area contributed by atoms with E-state index < -0.39 is 0 Å². The molecule has 0 aromatic heterocycles. The molecular formula is C19H18O3. The number of esters is 1. The summed E-state index contributed by atoms with van der Waals surface area (Å²) in [6.45, 7) is 1.49. The van der Waals surface area contributed by atoms with Crippen LogP contribution in [0, 0.1) is 0 Å². The largest absolute Gasteiger partial charge is 0.423 e. The summed E-state index contributed by atoms with van der Waals surface area (Å²) in [5, 5.41) is 0. The summed E-state index contributed by atoms with van der Waals surface area (Å²) in [4.78, 5) is 23.6. The molecule has 0 amide bonds. The summed E-state index contributed by atoms with van der Waals surface area (Å²) >= 11 is 0. The monoisotopic (exact) mass is 294 g/mol. The van der Waals surface area contributed by atoms with Gasteiger partial charge < -0.3 is 4.74 Å². The zero-order chi connectivity index (χ0) is 15.5. The first-order valence-corrected chi connectivity index (χ1v) is 7.58. The number of fused-ring (bicyclic) bond motifs is 1. The lowest BCUT2D eigenvalue weighted by molar-refractivity contribution is 0.0733. The van der Waals surface area contributed by atoms with E-state index in [0.29, 0.717) is 16.9 Å². The summed E-state index contributed by atoms with van der Waals surface area (Å²) in [6.07, 6.45) is 4.50. The fourth-order valence-electron chi connectivity index (χ4n) is 2.80. The molecule has 0 saturated carbocycles. The van der Waals surface area contributed by atoms with Crippen LogP contribution >= 0.6 is 0 Å². The van der Waals surface area contributed by atoms with Gasteiger partial charge in [0.05, 0.1) is 5.56 Å². The molecule has 0 N–H and O–H groups in total. The third-order valence-electron chi connectivity index (χ3n) is 4.04. The van der Waals surface area contributed by atoms with Crippen LogP contribution in [0.15, 0.2) is 42.5 Å². The normalized spacial score (nSPS) is 13.3. The van der Waals surface area contributed by atoms with Crippen molar-refractivity contribution in [3.05, 3.63) is 64.7 Å². The van der Waals surface area contributed by atoms with Gasteiger partial charge in [0.1, 0.15) is 5.75 Å². The first-order chi connectivity index (χ1) is 10.6. The van der Waals surface area contributed by atoms with Gasteiger partial charge in [-0.1, -0.05) is 18.2 Å². The quantitative estimate of drug-likeness (QED) is 0.488. The summed E-state index contributed by atoms with van der Waals surface area (Å²) in [5.74, 6) is -0.0313. The van der Waals surface area contributed by atoms with Gasteiger partial charge >= 0.3 is 5.97 Å². The van der Waals surface area contributed by atoms with Gasteiger partial charge in [0.25, 0.3) is 0 Å². The summed E-state index contributed by atoms with van der Waals surface area (Å²) < 4.78 is 5.39. The van der Waals surface area contributed by atoms with Gasteiger partial charge in [-0.05, 0) is 68.0 Å². The highest BCUT2D eigenvalue weighted by Gasteiger charge is 2.14. The molecule has 1 aliphatic rings. The van der Waals surface area contributed by atoms with Crippen molar-refractivity contribution < 1.29 is 14.3 Å². The van der Waals surface area contributed by atoms with Crippen LogP contribution in [0.25, 0.3) is 0 Å². The lowest BCUT2D eigenvalue weighted by atomic mass is 9.90. The second-order valence-corrected chi connectivity index (χ2v) is 5.66. The summed E-state index contributed by atoms with van der Waals surface area (Å²) in [5.41, 5.74) is 3.68. The number of carbonyl (C=O) groups excluding carboxylic acids is 2. The SMILES string of the molecule is CC(=O)c1cccc(OC(=O)c2ccc3c(c2)CCCC3)c1.